The van der Waals surface area contributed by atoms with Gasteiger partial charge in [0.05, 0.1) is 12.5 Å². The molecule has 1 aliphatic rings. The maximum Gasteiger partial charge on any atom is 0.311 e. The normalized spacial score (nSPS) is 21.7. The summed E-state index contributed by atoms with van der Waals surface area (Å²) in [5.74, 6) is 0.966. The fourth-order valence-electron chi connectivity index (χ4n) is 2.74. The Balaban J connectivity index is 1.87. The van der Waals surface area contributed by atoms with Crippen LogP contribution in [-0.2, 0) is 9.53 Å². The Morgan fingerprint density at radius 3 is 2.91 bits per heavy atom. The van der Waals surface area contributed by atoms with Crippen LogP contribution >= 0.6 is 0 Å². The first kappa shape index (κ1) is 17.5. The van der Waals surface area contributed by atoms with Crippen molar-refractivity contribution >= 4 is 11.8 Å². The molecule has 0 spiro atoms. The molecule has 2 unspecified atom stereocenters. The number of ether oxygens (including phenoxy) is 2. The summed E-state index contributed by atoms with van der Waals surface area (Å²) in [5, 5.41) is 3.28. The highest BCUT2D eigenvalue weighted by atomic mass is 16.6. The predicted molar refractivity (Wildman–Crippen MR) is 89.1 cm³/mol. The molecule has 128 valence electrons. The van der Waals surface area contributed by atoms with Gasteiger partial charge in [-0.05, 0) is 52.1 Å². The lowest BCUT2D eigenvalue weighted by Crippen LogP contribution is -2.44. The van der Waals surface area contributed by atoms with E-state index in [1.165, 1.54) is 0 Å². The summed E-state index contributed by atoms with van der Waals surface area (Å²) in [6, 6.07) is 5.31. The molecule has 2 rings (SSSR count). The Kier molecular flexibility index (Phi) is 5.82. The van der Waals surface area contributed by atoms with E-state index < -0.39 is 5.60 Å². The second-order valence-electron chi connectivity index (χ2n) is 6.93. The lowest BCUT2D eigenvalue weighted by molar-refractivity contribution is -0.162. The van der Waals surface area contributed by atoms with E-state index in [4.69, 9.17) is 15.2 Å². The summed E-state index contributed by atoms with van der Waals surface area (Å²) in [7, 11) is 0. The molecule has 2 heterocycles. The number of nitrogens with one attached hydrogen (secondary N) is 1. The van der Waals surface area contributed by atoms with E-state index in [1.807, 2.05) is 26.8 Å². The van der Waals surface area contributed by atoms with Gasteiger partial charge in [0.15, 0.2) is 0 Å². The molecule has 23 heavy (non-hydrogen) atoms. The molecule has 6 heteroatoms. The highest BCUT2D eigenvalue weighted by Crippen LogP contribution is 2.26. The average Bonchev–Trinajstić information content (AvgIpc) is 2.46. The van der Waals surface area contributed by atoms with Crippen LogP contribution in [0.1, 0.15) is 33.6 Å². The van der Waals surface area contributed by atoms with Crippen molar-refractivity contribution in [2.24, 2.45) is 11.8 Å². The largest absolute Gasteiger partial charge is 0.478 e. The summed E-state index contributed by atoms with van der Waals surface area (Å²) in [5.41, 5.74) is 5.18. The number of rotatable bonds is 5. The van der Waals surface area contributed by atoms with E-state index >= 15 is 0 Å². The van der Waals surface area contributed by atoms with Gasteiger partial charge in [-0.15, -0.1) is 0 Å². The number of esters is 1. The van der Waals surface area contributed by atoms with Crippen LogP contribution in [0, 0.1) is 11.8 Å². The van der Waals surface area contributed by atoms with E-state index in [9.17, 15) is 4.79 Å². The third-order valence-corrected chi connectivity index (χ3v) is 3.82. The number of nitrogens with two attached hydrogens (primary N) is 1. The molecule has 1 aromatic rings. The Hall–Kier alpha value is -1.82. The van der Waals surface area contributed by atoms with Crippen LogP contribution in [0.15, 0.2) is 18.2 Å². The van der Waals surface area contributed by atoms with Crippen LogP contribution < -0.4 is 15.8 Å². The van der Waals surface area contributed by atoms with Crippen LogP contribution in [-0.4, -0.2) is 36.3 Å². The molecule has 1 saturated heterocycles. The number of carbonyl (C=O) groups excluding carboxylic acids is 1. The fraction of sp³-hybridized carbons (Fsp3) is 0.647. The van der Waals surface area contributed by atoms with Crippen molar-refractivity contribution in [3.05, 3.63) is 18.2 Å². The first-order valence-electron chi connectivity index (χ1n) is 8.14. The second-order valence-corrected chi connectivity index (χ2v) is 6.93. The summed E-state index contributed by atoms with van der Waals surface area (Å²) >= 11 is 0. The maximum atomic E-state index is 12.4. The number of pyridine rings is 1. The summed E-state index contributed by atoms with van der Waals surface area (Å²) in [6.45, 7) is 7.78. The van der Waals surface area contributed by atoms with Gasteiger partial charge in [0, 0.05) is 12.6 Å². The first-order valence-corrected chi connectivity index (χ1v) is 8.14. The van der Waals surface area contributed by atoms with Crippen molar-refractivity contribution < 1.29 is 14.3 Å². The Labute approximate surface area is 137 Å². The van der Waals surface area contributed by atoms with Gasteiger partial charge in [0.25, 0.3) is 0 Å². The Bertz CT molecular complexity index is 528. The number of anilines is 1. The van der Waals surface area contributed by atoms with E-state index in [2.05, 4.69) is 10.3 Å². The first-order chi connectivity index (χ1) is 10.8. The molecular weight excluding hydrogens is 294 g/mol. The molecule has 0 bridgehead atoms. The van der Waals surface area contributed by atoms with Crippen LogP contribution in [0.2, 0.25) is 0 Å². The highest BCUT2D eigenvalue weighted by Gasteiger charge is 2.33. The van der Waals surface area contributed by atoms with Crippen molar-refractivity contribution in [2.45, 2.75) is 39.2 Å². The number of nitrogen functional groups attached to an aromatic ring is 1. The Morgan fingerprint density at radius 2 is 2.22 bits per heavy atom. The van der Waals surface area contributed by atoms with Gasteiger partial charge in [0.1, 0.15) is 11.4 Å². The molecule has 1 aromatic heterocycles. The van der Waals surface area contributed by atoms with E-state index in [0.29, 0.717) is 24.8 Å². The maximum absolute atomic E-state index is 12.4. The molecule has 0 aromatic carbocycles. The summed E-state index contributed by atoms with van der Waals surface area (Å²) in [6.07, 6.45) is 1.74. The van der Waals surface area contributed by atoms with Crippen LogP contribution in [0.4, 0.5) is 5.82 Å². The van der Waals surface area contributed by atoms with Crippen LogP contribution in [0.5, 0.6) is 5.88 Å². The van der Waals surface area contributed by atoms with Crippen molar-refractivity contribution in [1.82, 2.24) is 10.3 Å². The number of nitrogens with zero attached hydrogens (tertiary/aromatic N) is 1. The van der Waals surface area contributed by atoms with E-state index in [0.717, 1.165) is 19.4 Å². The van der Waals surface area contributed by atoms with Gasteiger partial charge < -0.3 is 20.5 Å². The molecule has 0 aliphatic carbocycles. The second kappa shape index (κ2) is 7.64. The van der Waals surface area contributed by atoms with Gasteiger partial charge in [-0.2, -0.15) is 4.98 Å². The number of hydrogen-bond donors (Lipinski definition) is 2. The minimum Gasteiger partial charge on any atom is -0.478 e. The minimum absolute atomic E-state index is 0.125. The highest BCUT2D eigenvalue weighted by molar-refractivity contribution is 5.73. The van der Waals surface area contributed by atoms with Gasteiger partial charge >= 0.3 is 5.97 Å². The average molecular weight is 321 g/mol. The smallest absolute Gasteiger partial charge is 0.311 e. The third-order valence-electron chi connectivity index (χ3n) is 3.82. The minimum atomic E-state index is -0.457. The molecule has 2 atom stereocenters. The zero-order valence-corrected chi connectivity index (χ0v) is 14.2. The fourth-order valence-corrected chi connectivity index (χ4v) is 2.74. The number of carbonyl (C=O) groups is 1. The third kappa shape index (κ3) is 5.71. The van der Waals surface area contributed by atoms with E-state index in [1.54, 1.807) is 12.1 Å². The monoisotopic (exact) mass is 321 g/mol. The lowest BCUT2D eigenvalue weighted by atomic mass is 9.84. The molecule has 1 fully saturated rings. The molecule has 3 N–H and O–H groups in total. The molecule has 0 radical (unpaired) electrons. The standard InChI is InChI=1S/C17H27N3O3/c1-17(2,3)23-16(21)13-11-19-9-7-12(13)8-10-22-15-6-4-5-14(18)20-15/h4-6,12-13,19H,7-11H2,1-3H3,(H2,18,20). The number of aromatic nitrogens is 1. The predicted octanol–water partition coefficient (Wildman–Crippen LogP) is 2.00. The Morgan fingerprint density at radius 1 is 1.43 bits per heavy atom. The van der Waals surface area contributed by atoms with Crippen molar-refractivity contribution in [3.8, 4) is 5.88 Å². The van der Waals surface area contributed by atoms with Crippen molar-refractivity contribution in [2.75, 3.05) is 25.4 Å². The van der Waals surface area contributed by atoms with Crippen molar-refractivity contribution in [3.63, 3.8) is 0 Å². The van der Waals surface area contributed by atoms with Gasteiger partial charge in [-0.3, -0.25) is 4.79 Å². The molecule has 1 aliphatic heterocycles. The number of hydrogen-bond acceptors (Lipinski definition) is 6. The van der Waals surface area contributed by atoms with Gasteiger partial charge in [-0.1, -0.05) is 6.07 Å². The van der Waals surface area contributed by atoms with E-state index in [-0.39, 0.29) is 17.8 Å². The summed E-state index contributed by atoms with van der Waals surface area (Å²) in [4.78, 5) is 16.5. The molecular formula is C17H27N3O3. The zero-order valence-electron chi connectivity index (χ0n) is 14.2. The summed E-state index contributed by atoms with van der Waals surface area (Å²) < 4.78 is 11.2. The molecule has 0 saturated carbocycles. The SMILES string of the molecule is CC(C)(C)OC(=O)C1CNCCC1CCOc1cccc(N)n1. The van der Waals surface area contributed by atoms with Crippen LogP contribution in [0.25, 0.3) is 0 Å². The van der Waals surface area contributed by atoms with Crippen LogP contribution in [0.3, 0.4) is 0 Å². The topological polar surface area (TPSA) is 86.5 Å². The lowest BCUT2D eigenvalue weighted by Gasteiger charge is -2.32. The van der Waals surface area contributed by atoms with Crippen molar-refractivity contribution in [1.29, 1.82) is 0 Å². The molecule has 6 nitrogen and oxygen atoms in total. The quantitative estimate of drug-likeness (QED) is 0.807. The van der Waals surface area contributed by atoms with Gasteiger partial charge in [0.2, 0.25) is 5.88 Å². The zero-order chi connectivity index (χ0) is 16.9. The number of piperidine rings is 1. The van der Waals surface area contributed by atoms with Gasteiger partial charge in [-0.25, -0.2) is 0 Å². The molecule has 0 amide bonds.